The van der Waals surface area contributed by atoms with Crippen molar-refractivity contribution in [3.05, 3.63) is 23.3 Å². The molecule has 0 saturated heterocycles. The van der Waals surface area contributed by atoms with E-state index >= 15 is 0 Å². The van der Waals surface area contributed by atoms with Gasteiger partial charge in [-0.1, -0.05) is 19.8 Å². The molecule has 118 valence electrons. The van der Waals surface area contributed by atoms with Gasteiger partial charge in [-0.2, -0.15) is 0 Å². The molecule has 3 N–H and O–H groups in total. The Balaban J connectivity index is 2.20. The molecular formula is C16H26N2O2S. The highest BCUT2D eigenvalue weighted by atomic mass is 32.2. The second-order valence-corrected chi connectivity index (χ2v) is 8.09. The van der Waals surface area contributed by atoms with Gasteiger partial charge in [-0.05, 0) is 62.3 Å². The van der Waals surface area contributed by atoms with Crippen LogP contribution in [0.5, 0.6) is 0 Å². The predicted molar refractivity (Wildman–Crippen MR) is 86.7 cm³/mol. The van der Waals surface area contributed by atoms with E-state index in [1.807, 2.05) is 13.8 Å². The minimum absolute atomic E-state index is 0.0287. The number of anilines is 1. The van der Waals surface area contributed by atoms with Crippen LogP contribution in [0.3, 0.4) is 0 Å². The Morgan fingerprint density at radius 2 is 1.76 bits per heavy atom. The maximum Gasteiger partial charge on any atom is 0.242 e. The SMILES string of the molecule is Cc1cc(N)c(S(=O)(=O)NC2CCCC(C)CC2)cc1C. The first-order valence-electron chi connectivity index (χ1n) is 7.68. The van der Waals surface area contributed by atoms with Crippen LogP contribution in [0.1, 0.15) is 50.2 Å². The molecule has 0 radical (unpaired) electrons. The zero-order valence-electron chi connectivity index (χ0n) is 13.1. The quantitative estimate of drug-likeness (QED) is 0.665. The van der Waals surface area contributed by atoms with E-state index in [9.17, 15) is 8.42 Å². The number of sulfonamides is 1. The maximum absolute atomic E-state index is 12.6. The van der Waals surface area contributed by atoms with Crippen molar-refractivity contribution < 1.29 is 8.42 Å². The Morgan fingerprint density at radius 1 is 1.10 bits per heavy atom. The normalized spacial score (nSPS) is 23.8. The first-order valence-corrected chi connectivity index (χ1v) is 9.17. The van der Waals surface area contributed by atoms with Crippen molar-refractivity contribution in [2.24, 2.45) is 5.92 Å². The third-order valence-electron chi connectivity index (χ3n) is 4.49. The second-order valence-electron chi connectivity index (χ2n) is 6.41. The summed E-state index contributed by atoms with van der Waals surface area (Å²) in [6.07, 6.45) is 5.16. The Kier molecular flexibility index (Phi) is 4.94. The van der Waals surface area contributed by atoms with Gasteiger partial charge in [-0.25, -0.2) is 13.1 Å². The summed E-state index contributed by atoms with van der Waals surface area (Å²) >= 11 is 0. The van der Waals surface area contributed by atoms with E-state index in [4.69, 9.17) is 5.73 Å². The van der Waals surface area contributed by atoms with Crippen LogP contribution in [-0.4, -0.2) is 14.5 Å². The molecule has 0 heterocycles. The summed E-state index contributed by atoms with van der Waals surface area (Å²) in [5.41, 5.74) is 8.19. The topological polar surface area (TPSA) is 72.2 Å². The van der Waals surface area contributed by atoms with Gasteiger partial charge < -0.3 is 5.73 Å². The molecule has 0 aromatic heterocycles. The molecule has 2 atom stereocenters. The van der Waals surface area contributed by atoms with Gasteiger partial charge in [-0.3, -0.25) is 0 Å². The lowest BCUT2D eigenvalue weighted by atomic mass is 10.0. The number of nitrogens with one attached hydrogen (secondary N) is 1. The van der Waals surface area contributed by atoms with Gasteiger partial charge in [0.05, 0.1) is 5.69 Å². The van der Waals surface area contributed by atoms with Crippen LogP contribution in [0.4, 0.5) is 5.69 Å². The average Bonchev–Trinajstić information content (AvgIpc) is 2.58. The molecule has 1 aromatic rings. The van der Waals surface area contributed by atoms with Crippen LogP contribution in [0.25, 0.3) is 0 Å². The van der Waals surface area contributed by atoms with Gasteiger partial charge in [0.25, 0.3) is 0 Å². The standard InChI is InChI=1S/C16H26N2O2S/c1-11-5-4-6-14(8-7-11)18-21(19,20)16-10-13(3)12(2)9-15(16)17/h9-11,14,18H,4-8,17H2,1-3H3. The molecule has 1 aromatic carbocycles. The van der Waals surface area contributed by atoms with Crippen LogP contribution in [0, 0.1) is 19.8 Å². The van der Waals surface area contributed by atoms with Gasteiger partial charge >= 0.3 is 0 Å². The highest BCUT2D eigenvalue weighted by molar-refractivity contribution is 7.89. The first kappa shape index (κ1) is 16.3. The van der Waals surface area contributed by atoms with Crippen molar-refractivity contribution in [2.45, 2.75) is 63.8 Å². The van der Waals surface area contributed by atoms with Crippen molar-refractivity contribution >= 4 is 15.7 Å². The lowest BCUT2D eigenvalue weighted by Crippen LogP contribution is -2.35. The van der Waals surface area contributed by atoms with Crippen LogP contribution in [0.15, 0.2) is 17.0 Å². The van der Waals surface area contributed by atoms with E-state index in [2.05, 4.69) is 11.6 Å². The van der Waals surface area contributed by atoms with Crippen molar-refractivity contribution in [1.29, 1.82) is 0 Å². The molecule has 0 spiro atoms. The molecule has 0 bridgehead atoms. The molecular weight excluding hydrogens is 284 g/mol. The Morgan fingerprint density at radius 3 is 2.48 bits per heavy atom. The smallest absolute Gasteiger partial charge is 0.242 e. The molecule has 5 heteroatoms. The molecule has 1 saturated carbocycles. The molecule has 21 heavy (non-hydrogen) atoms. The Hall–Kier alpha value is -1.07. The zero-order chi connectivity index (χ0) is 15.6. The number of nitrogen functional groups attached to an aromatic ring is 1. The molecule has 1 aliphatic rings. The van der Waals surface area contributed by atoms with E-state index in [1.54, 1.807) is 12.1 Å². The van der Waals surface area contributed by atoms with Gasteiger partial charge in [0, 0.05) is 6.04 Å². The highest BCUT2D eigenvalue weighted by Crippen LogP contribution is 2.26. The molecule has 1 fully saturated rings. The number of hydrogen-bond donors (Lipinski definition) is 2. The van der Waals surface area contributed by atoms with Gasteiger partial charge in [0.1, 0.15) is 4.90 Å². The molecule has 0 aliphatic heterocycles. The largest absolute Gasteiger partial charge is 0.398 e. The minimum Gasteiger partial charge on any atom is -0.398 e. The predicted octanol–water partition coefficient (Wildman–Crippen LogP) is 3.13. The Bertz CT molecular complexity index is 611. The van der Waals surface area contributed by atoms with E-state index in [0.29, 0.717) is 11.6 Å². The van der Waals surface area contributed by atoms with E-state index in [-0.39, 0.29) is 10.9 Å². The lowest BCUT2D eigenvalue weighted by Gasteiger charge is -2.18. The average molecular weight is 310 g/mol. The van der Waals surface area contributed by atoms with Crippen LogP contribution in [-0.2, 0) is 10.0 Å². The number of aryl methyl sites for hydroxylation is 2. The summed E-state index contributed by atoms with van der Waals surface area (Å²) in [5.74, 6) is 0.686. The van der Waals surface area contributed by atoms with E-state index in [1.165, 1.54) is 6.42 Å². The summed E-state index contributed by atoms with van der Waals surface area (Å²) < 4.78 is 28.0. The zero-order valence-corrected chi connectivity index (χ0v) is 14.0. The van der Waals surface area contributed by atoms with Gasteiger partial charge in [0.15, 0.2) is 0 Å². The summed E-state index contributed by atoms with van der Waals surface area (Å²) in [5, 5.41) is 0. The number of hydrogen-bond acceptors (Lipinski definition) is 3. The summed E-state index contributed by atoms with van der Waals surface area (Å²) in [7, 11) is -3.54. The number of benzene rings is 1. The minimum atomic E-state index is -3.54. The van der Waals surface area contributed by atoms with Crippen molar-refractivity contribution in [3.8, 4) is 0 Å². The summed E-state index contributed by atoms with van der Waals surface area (Å²) in [6.45, 7) is 6.07. The molecule has 4 nitrogen and oxygen atoms in total. The van der Waals surface area contributed by atoms with Crippen LogP contribution < -0.4 is 10.5 Å². The maximum atomic E-state index is 12.6. The first-order chi connectivity index (χ1) is 9.79. The van der Waals surface area contributed by atoms with Crippen molar-refractivity contribution in [3.63, 3.8) is 0 Å². The molecule has 2 rings (SSSR count). The van der Waals surface area contributed by atoms with E-state index in [0.717, 1.165) is 36.8 Å². The fourth-order valence-electron chi connectivity index (χ4n) is 2.93. The fourth-order valence-corrected chi connectivity index (χ4v) is 4.44. The third kappa shape index (κ3) is 3.98. The number of rotatable bonds is 3. The fraction of sp³-hybridized carbons (Fsp3) is 0.625. The molecule has 1 aliphatic carbocycles. The molecule has 0 amide bonds. The molecule has 2 unspecified atom stereocenters. The number of nitrogens with two attached hydrogens (primary N) is 1. The highest BCUT2D eigenvalue weighted by Gasteiger charge is 2.24. The van der Waals surface area contributed by atoms with Crippen molar-refractivity contribution in [1.82, 2.24) is 4.72 Å². The van der Waals surface area contributed by atoms with E-state index < -0.39 is 10.0 Å². The Labute approximate surface area is 128 Å². The monoisotopic (exact) mass is 310 g/mol. The summed E-state index contributed by atoms with van der Waals surface area (Å²) in [4.78, 5) is 0.211. The second kappa shape index (κ2) is 6.36. The summed E-state index contributed by atoms with van der Waals surface area (Å²) in [6, 6.07) is 3.44. The van der Waals surface area contributed by atoms with Crippen LogP contribution >= 0.6 is 0 Å². The van der Waals surface area contributed by atoms with Crippen LogP contribution in [0.2, 0.25) is 0 Å². The van der Waals surface area contributed by atoms with Gasteiger partial charge in [-0.15, -0.1) is 0 Å². The lowest BCUT2D eigenvalue weighted by molar-refractivity contribution is 0.484. The van der Waals surface area contributed by atoms with Gasteiger partial charge in [0.2, 0.25) is 10.0 Å². The third-order valence-corrected chi connectivity index (χ3v) is 6.07. The van der Waals surface area contributed by atoms with Crippen molar-refractivity contribution in [2.75, 3.05) is 5.73 Å².